The lowest BCUT2D eigenvalue weighted by atomic mass is 9.90. The molecule has 1 aliphatic rings. The van der Waals surface area contributed by atoms with Gasteiger partial charge >= 0.3 is 0 Å². The van der Waals surface area contributed by atoms with E-state index in [1.54, 1.807) is 19.0 Å². The Balaban J connectivity index is 1.56. The van der Waals surface area contributed by atoms with Crippen molar-refractivity contribution in [1.29, 1.82) is 0 Å². The van der Waals surface area contributed by atoms with Crippen molar-refractivity contribution in [2.24, 2.45) is 0 Å². The van der Waals surface area contributed by atoms with Crippen LogP contribution in [0.5, 0.6) is 0 Å². The average Bonchev–Trinajstić information content (AvgIpc) is 3.11. The molecule has 0 radical (unpaired) electrons. The van der Waals surface area contributed by atoms with Crippen LogP contribution in [0.4, 0.5) is 0 Å². The molecule has 156 valence electrons. The number of amides is 1. The highest BCUT2D eigenvalue weighted by Crippen LogP contribution is 2.27. The van der Waals surface area contributed by atoms with Crippen LogP contribution >= 0.6 is 0 Å². The second-order valence-electron chi connectivity index (χ2n) is 8.36. The number of nitrogens with one attached hydrogen (secondary N) is 1. The number of aryl methyl sites for hydroxylation is 1. The second-order valence-corrected chi connectivity index (χ2v) is 8.36. The summed E-state index contributed by atoms with van der Waals surface area (Å²) in [6.45, 7) is 3.70. The molecule has 0 saturated heterocycles. The predicted octanol–water partition coefficient (Wildman–Crippen LogP) is 3.59. The van der Waals surface area contributed by atoms with E-state index in [0.29, 0.717) is 18.3 Å². The van der Waals surface area contributed by atoms with Crippen LogP contribution in [0.2, 0.25) is 0 Å². The number of carbonyl (C=O) groups excluding carboxylic acids is 1. The fraction of sp³-hybridized carbons (Fsp3) is 0.360. The van der Waals surface area contributed by atoms with Gasteiger partial charge in [0.15, 0.2) is 5.69 Å². The summed E-state index contributed by atoms with van der Waals surface area (Å²) in [5.41, 5.74) is 6.75. The fourth-order valence-corrected chi connectivity index (χ4v) is 4.20. The maximum absolute atomic E-state index is 12.8. The number of carbonyl (C=O) groups is 1. The topological polar surface area (TPSA) is 50.2 Å². The summed E-state index contributed by atoms with van der Waals surface area (Å²) < 4.78 is 2.04. The predicted molar refractivity (Wildman–Crippen MR) is 120 cm³/mol. The van der Waals surface area contributed by atoms with Gasteiger partial charge in [0.2, 0.25) is 0 Å². The highest BCUT2D eigenvalue weighted by Gasteiger charge is 2.29. The first-order chi connectivity index (χ1) is 14.5. The van der Waals surface area contributed by atoms with E-state index in [-0.39, 0.29) is 5.91 Å². The van der Waals surface area contributed by atoms with E-state index in [9.17, 15) is 4.79 Å². The Morgan fingerprint density at radius 2 is 1.87 bits per heavy atom. The minimum atomic E-state index is -0.0161. The molecule has 1 N–H and O–H groups in total. The summed E-state index contributed by atoms with van der Waals surface area (Å²) in [5, 5.41) is 8.48. The summed E-state index contributed by atoms with van der Waals surface area (Å²) in [6.07, 6.45) is 2.82. The van der Waals surface area contributed by atoms with Crippen molar-refractivity contribution in [1.82, 2.24) is 20.0 Å². The second kappa shape index (κ2) is 8.84. The average molecular weight is 403 g/mol. The van der Waals surface area contributed by atoms with Crippen LogP contribution in [0.3, 0.4) is 0 Å². The van der Waals surface area contributed by atoms with Gasteiger partial charge in [0.1, 0.15) is 0 Å². The van der Waals surface area contributed by atoms with Gasteiger partial charge < -0.3 is 10.2 Å². The summed E-state index contributed by atoms with van der Waals surface area (Å²) >= 11 is 0. The quantitative estimate of drug-likeness (QED) is 0.686. The normalized spacial score (nSPS) is 15.6. The van der Waals surface area contributed by atoms with Crippen LogP contribution in [0.15, 0.2) is 54.6 Å². The molecule has 5 nitrogen and oxygen atoms in total. The number of benzene rings is 2. The van der Waals surface area contributed by atoms with E-state index in [2.05, 4.69) is 48.6 Å². The van der Waals surface area contributed by atoms with E-state index in [1.165, 1.54) is 22.4 Å². The molecule has 30 heavy (non-hydrogen) atoms. The molecule has 4 rings (SSSR count). The third-order valence-electron chi connectivity index (χ3n) is 5.97. The monoisotopic (exact) mass is 402 g/mol. The molecule has 1 heterocycles. The number of hydrogen-bond donors (Lipinski definition) is 1. The van der Waals surface area contributed by atoms with Crippen LogP contribution < -0.4 is 5.32 Å². The lowest BCUT2D eigenvalue weighted by Crippen LogP contribution is -2.35. The molecule has 0 aliphatic heterocycles. The molecule has 0 bridgehead atoms. The Labute approximate surface area is 178 Å². The third-order valence-corrected chi connectivity index (χ3v) is 5.97. The first-order valence-electron chi connectivity index (χ1n) is 10.6. The van der Waals surface area contributed by atoms with Crippen molar-refractivity contribution in [2.75, 3.05) is 14.1 Å². The zero-order chi connectivity index (χ0) is 21.1. The molecule has 0 spiro atoms. The Kier molecular flexibility index (Phi) is 6.00. The van der Waals surface area contributed by atoms with Crippen molar-refractivity contribution >= 4 is 5.91 Å². The molecule has 3 aromatic rings. The molecule has 0 fully saturated rings. The van der Waals surface area contributed by atoms with Crippen molar-refractivity contribution in [3.63, 3.8) is 0 Å². The summed E-state index contributed by atoms with van der Waals surface area (Å²) in [6, 6.07) is 19.2. The van der Waals surface area contributed by atoms with E-state index < -0.39 is 0 Å². The molecule has 0 unspecified atom stereocenters. The van der Waals surface area contributed by atoms with Crippen LogP contribution in [0.1, 0.15) is 44.9 Å². The molecule has 1 amide bonds. The number of hydrogen-bond acceptors (Lipinski definition) is 3. The Bertz CT molecular complexity index is 1020. The van der Waals surface area contributed by atoms with Crippen LogP contribution in [-0.2, 0) is 25.9 Å². The molecule has 2 aromatic carbocycles. The highest BCUT2D eigenvalue weighted by atomic mass is 16.2. The summed E-state index contributed by atoms with van der Waals surface area (Å²) in [4.78, 5) is 14.5. The molecule has 1 aliphatic carbocycles. The molecule has 1 atom stereocenters. The Morgan fingerprint density at radius 1 is 1.13 bits per heavy atom. The van der Waals surface area contributed by atoms with Crippen molar-refractivity contribution in [3.8, 4) is 0 Å². The lowest BCUT2D eigenvalue weighted by Gasteiger charge is -2.25. The number of rotatable bonds is 6. The van der Waals surface area contributed by atoms with E-state index in [4.69, 9.17) is 5.10 Å². The Hall–Kier alpha value is -2.92. The van der Waals surface area contributed by atoms with E-state index in [1.807, 2.05) is 22.9 Å². The van der Waals surface area contributed by atoms with E-state index >= 15 is 0 Å². The van der Waals surface area contributed by atoms with Crippen LogP contribution in [0, 0.1) is 6.92 Å². The first-order valence-corrected chi connectivity index (χ1v) is 10.6. The van der Waals surface area contributed by atoms with Crippen LogP contribution in [-0.4, -0.2) is 40.7 Å². The van der Waals surface area contributed by atoms with Gasteiger partial charge in [0.05, 0.1) is 6.54 Å². The molecule has 0 saturated carbocycles. The van der Waals surface area contributed by atoms with Crippen molar-refractivity contribution in [2.45, 2.75) is 45.3 Å². The van der Waals surface area contributed by atoms with Gasteiger partial charge in [-0.3, -0.25) is 9.48 Å². The smallest absolute Gasteiger partial charge is 0.274 e. The fourth-order valence-electron chi connectivity index (χ4n) is 4.20. The molecular formula is C25H30N4O. The molecular weight excluding hydrogens is 372 g/mol. The van der Waals surface area contributed by atoms with Gasteiger partial charge in [-0.25, -0.2) is 0 Å². The van der Waals surface area contributed by atoms with Gasteiger partial charge in [-0.05, 0) is 42.9 Å². The molecule has 5 heteroatoms. The largest absolute Gasteiger partial charge is 0.343 e. The lowest BCUT2D eigenvalue weighted by molar-refractivity contribution is 0.0820. The minimum Gasteiger partial charge on any atom is -0.343 e. The third kappa shape index (κ3) is 4.31. The number of fused-ring (bicyclic) bond motifs is 1. The number of nitrogens with zero attached hydrogens (tertiary/aromatic N) is 3. The first kappa shape index (κ1) is 20.4. The van der Waals surface area contributed by atoms with Crippen LogP contribution in [0.25, 0.3) is 0 Å². The zero-order valence-corrected chi connectivity index (χ0v) is 18.1. The van der Waals surface area contributed by atoms with Gasteiger partial charge in [-0.1, -0.05) is 54.6 Å². The van der Waals surface area contributed by atoms with Crippen molar-refractivity contribution < 1.29 is 4.79 Å². The van der Waals surface area contributed by atoms with E-state index in [0.717, 1.165) is 31.4 Å². The molecule has 1 aromatic heterocycles. The van der Waals surface area contributed by atoms with Crippen molar-refractivity contribution in [3.05, 3.63) is 88.2 Å². The summed E-state index contributed by atoms with van der Waals surface area (Å²) in [5.74, 6) is -0.0161. The SMILES string of the molecule is Cc1ccccc1CN[C@H]1CCc2c(c(C(=O)N(C)C)nn2Cc2ccccc2)C1. The standard InChI is InChI=1S/C25H30N4O/c1-18-9-7-8-12-20(18)16-26-21-13-14-23-22(15-21)24(25(30)28(2)3)27-29(23)17-19-10-5-4-6-11-19/h4-12,21,26H,13-17H2,1-3H3/t21-/m0/s1. The van der Waals surface area contributed by atoms with Gasteiger partial charge in [-0.15, -0.1) is 0 Å². The van der Waals surface area contributed by atoms with Gasteiger partial charge in [0.25, 0.3) is 5.91 Å². The maximum atomic E-state index is 12.8. The maximum Gasteiger partial charge on any atom is 0.274 e. The highest BCUT2D eigenvalue weighted by molar-refractivity contribution is 5.93. The minimum absolute atomic E-state index is 0.0161. The van der Waals surface area contributed by atoms with Gasteiger partial charge in [0, 0.05) is 37.9 Å². The Morgan fingerprint density at radius 3 is 2.60 bits per heavy atom. The summed E-state index contributed by atoms with van der Waals surface area (Å²) in [7, 11) is 3.59. The zero-order valence-electron chi connectivity index (χ0n) is 18.1. The van der Waals surface area contributed by atoms with Gasteiger partial charge in [-0.2, -0.15) is 5.10 Å². The number of aromatic nitrogens is 2.